The average molecular weight is 373 g/mol. The van der Waals surface area contributed by atoms with Crippen molar-refractivity contribution in [3.63, 3.8) is 0 Å². The smallest absolute Gasteiger partial charge is 0.144 e. The Hall–Kier alpha value is -1.56. The maximum atomic E-state index is 4.74. The molecule has 0 saturated carbocycles. The molecule has 2 nitrogen and oxygen atoms in total. The van der Waals surface area contributed by atoms with E-state index in [0.717, 1.165) is 31.3 Å². The van der Waals surface area contributed by atoms with Gasteiger partial charge in [0.25, 0.3) is 0 Å². The second kappa shape index (κ2) is 5.33. The first kappa shape index (κ1) is 13.1. The van der Waals surface area contributed by atoms with Gasteiger partial charge in [0.05, 0.1) is 10.2 Å². The zero-order valence-electron chi connectivity index (χ0n) is 10.8. The molecule has 21 heavy (non-hydrogen) atoms. The molecule has 4 aromatic rings. The number of thiazole rings is 2. The molecule has 4 rings (SSSR count). The van der Waals surface area contributed by atoms with Crippen LogP contribution in [0.3, 0.4) is 0 Å². The van der Waals surface area contributed by atoms with Gasteiger partial charge in [-0.2, -0.15) is 0 Å². The van der Waals surface area contributed by atoms with Gasteiger partial charge in [0.1, 0.15) is 15.7 Å². The van der Waals surface area contributed by atoms with Gasteiger partial charge in [-0.1, -0.05) is 46.3 Å². The maximum absolute atomic E-state index is 4.74. The molecular formula is C16H9BrN2S2. The van der Waals surface area contributed by atoms with E-state index in [4.69, 9.17) is 4.98 Å². The van der Waals surface area contributed by atoms with Gasteiger partial charge in [-0.15, -0.1) is 22.7 Å². The third kappa shape index (κ3) is 2.41. The zero-order chi connectivity index (χ0) is 14.2. The van der Waals surface area contributed by atoms with Crippen LogP contribution in [0.25, 0.3) is 31.5 Å². The van der Waals surface area contributed by atoms with E-state index in [1.54, 1.807) is 22.7 Å². The van der Waals surface area contributed by atoms with Crippen LogP contribution < -0.4 is 0 Å². The summed E-state index contributed by atoms with van der Waals surface area (Å²) in [6.45, 7) is 0. The molecule has 0 bridgehead atoms. The Labute approximate surface area is 138 Å². The summed E-state index contributed by atoms with van der Waals surface area (Å²) in [7, 11) is 0. The minimum Gasteiger partial charge on any atom is -0.234 e. The van der Waals surface area contributed by atoms with Crippen LogP contribution in [0.1, 0.15) is 0 Å². The van der Waals surface area contributed by atoms with E-state index in [-0.39, 0.29) is 0 Å². The van der Waals surface area contributed by atoms with E-state index in [1.807, 2.05) is 36.4 Å². The molecule has 0 N–H and O–H groups in total. The topological polar surface area (TPSA) is 25.8 Å². The van der Waals surface area contributed by atoms with Crippen molar-refractivity contribution in [1.82, 2.24) is 9.97 Å². The summed E-state index contributed by atoms with van der Waals surface area (Å²) in [5, 5.41) is 4.06. The minimum absolute atomic E-state index is 0.951. The van der Waals surface area contributed by atoms with Crippen LogP contribution in [0, 0.1) is 0 Å². The molecule has 0 unspecified atom stereocenters. The van der Waals surface area contributed by atoms with Gasteiger partial charge in [0.15, 0.2) is 0 Å². The highest BCUT2D eigenvalue weighted by molar-refractivity contribution is 9.10. The lowest BCUT2D eigenvalue weighted by molar-refractivity contribution is 1.36. The summed E-state index contributed by atoms with van der Waals surface area (Å²) < 4.78 is 2.26. The van der Waals surface area contributed by atoms with Gasteiger partial charge in [0, 0.05) is 15.4 Å². The first-order valence-electron chi connectivity index (χ1n) is 6.37. The molecule has 0 spiro atoms. The Morgan fingerprint density at radius 3 is 2.52 bits per heavy atom. The normalized spacial score (nSPS) is 11.1. The number of halogens is 1. The lowest BCUT2D eigenvalue weighted by Crippen LogP contribution is -1.79. The van der Waals surface area contributed by atoms with Crippen molar-refractivity contribution in [2.75, 3.05) is 0 Å². The lowest BCUT2D eigenvalue weighted by Gasteiger charge is -1.98. The molecule has 2 aromatic carbocycles. The molecule has 0 fully saturated rings. The molecular weight excluding hydrogens is 364 g/mol. The summed E-state index contributed by atoms with van der Waals surface area (Å²) in [6, 6.07) is 16.3. The first-order chi connectivity index (χ1) is 10.3. The average Bonchev–Trinajstić information content (AvgIpc) is 3.14. The van der Waals surface area contributed by atoms with Crippen molar-refractivity contribution in [1.29, 1.82) is 0 Å². The highest BCUT2D eigenvalue weighted by Gasteiger charge is 2.12. The number of nitrogens with zero attached hydrogens (tertiary/aromatic N) is 2. The quantitative estimate of drug-likeness (QED) is 0.441. The molecule has 5 heteroatoms. The van der Waals surface area contributed by atoms with Crippen molar-refractivity contribution in [2.45, 2.75) is 0 Å². The van der Waals surface area contributed by atoms with Crippen LogP contribution in [-0.2, 0) is 0 Å². The monoisotopic (exact) mass is 372 g/mol. The van der Waals surface area contributed by atoms with Crippen molar-refractivity contribution in [2.24, 2.45) is 0 Å². The molecule has 0 atom stereocenters. The molecule has 0 amide bonds. The van der Waals surface area contributed by atoms with E-state index in [9.17, 15) is 0 Å². The number of para-hydroxylation sites is 1. The van der Waals surface area contributed by atoms with Crippen molar-refractivity contribution >= 4 is 48.8 Å². The fraction of sp³-hybridized carbons (Fsp3) is 0. The summed E-state index contributed by atoms with van der Waals surface area (Å²) >= 11 is 6.91. The van der Waals surface area contributed by atoms with E-state index < -0.39 is 0 Å². The summed E-state index contributed by atoms with van der Waals surface area (Å²) in [5.41, 5.74) is 3.11. The molecule has 0 radical (unpaired) electrons. The molecule has 0 saturated heterocycles. The maximum Gasteiger partial charge on any atom is 0.144 e. The lowest BCUT2D eigenvalue weighted by atomic mass is 10.2. The van der Waals surface area contributed by atoms with Crippen LogP contribution in [0.15, 0.2) is 58.4 Å². The Kier molecular flexibility index (Phi) is 3.33. The number of hydrogen-bond donors (Lipinski definition) is 0. The van der Waals surface area contributed by atoms with Gasteiger partial charge in [0.2, 0.25) is 0 Å². The minimum atomic E-state index is 0.951. The molecule has 0 aliphatic carbocycles. The molecule has 0 aliphatic rings. The van der Waals surface area contributed by atoms with E-state index >= 15 is 0 Å². The van der Waals surface area contributed by atoms with E-state index in [0.29, 0.717) is 0 Å². The largest absolute Gasteiger partial charge is 0.234 e. The molecule has 0 aliphatic heterocycles. The number of aromatic nitrogens is 2. The van der Waals surface area contributed by atoms with Gasteiger partial charge >= 0.3 is 0 Å². The number of rotatable bonds is 2. The number of hydrogen-bond acceptors (Lipinski definition) is 4. The van der Waals surface area contributed by atoms with Crippen LogP contribution in [0.2, 0.25) is 0 Å². The fourth-order valence-electron chi connectivity index (χ4n) is 2.11. The Balaban J connectivity index is 1.79. The van der Waals surface area contributed by atoms with Crippen LogP contribution in [0.4, 0.5) is 0 Å². The standard InChI is InChI=1S/C16H9BrN2S2/c17-11-6-2-1-5-10(11)15-19-13(9-20-15)16-18-12-7-3-4-8-14(12)21-16/h1-9H. The van der Waals surface area contributed by atoms with Crippen molar-refractivity contribution < 1.29 is 0 Å². The van der Waals surface area contributed by atoms with E-state index in [2.05, 4.69) is 38.4 Å². The number of benzene rings is 2. The SMILES string of the molecule is Brc1ccccc1-c1nc(-c2nc3ccccc3s2)cs1. The molecule has 2 heterocycles. The Bertz CT molecular complexity index is 894. The number of fused-ring (bicyclic) bond motifs is 1. The third-order valence-corrected chi connectivity index (χ3v) is 5.75. The predicted molar refractivity (Wildman–Crippen MR) is 93.9 cm³/mol. The Morgan fingerprint density at radius 1 is 0.857 bits per heavy atom. The van der Waals surface area contributed by atoms with E-state index in [1.165, 1.54) is 4.70 Å². The first-order valence-corrected chi connectivity index (χ1v) is 8.86. The summed E-state index contributed by atoms with van der Waals surface area (Å²) in [4.78, 5) is 9.41. The fourth-order valence-corrected chi connectivity index (χ4v) is 4.56. The van der Waals surface area contributed by atoms with Crippen molar-refractivity contribution in [3.8, 4) is 21.3 Å². The van der Waals surface area contributed by atoms with Gasteiger partial charge < -0.3 is 0 Å². The van der Waals surface area contributed by atoms with Gasteiger partial charge in [-0.05, 0) is 18.2 Å². The van der Waals surface area contributed by atoms with Crippen LogP contribution >= 0.6 is 38.6 Å². The van der Waals surface area contributed by atoms with Crippen LogP contribution in [0.5, 0.6) is 0 Å². The van der Waals surface area contributed by atoms with Gasteiger partial charge in [-0.3, -0.25) is 0 Å². The zero-order valence-corrected chi connectivity index (χ0v) is 14.0. The second-order valence-electron chi connectivity index (χ2n) is 4.50. The summed E-state index contributed by atoms with van der Waals surface area (Å²) in [5.74, 6) is 0. The highest BCUT2D eigenvalue weighted by atomic mass is 79.9. The molecule has 2 aromatic heterocycles. The highest BCUT2D eigenvalue weighted by Crippen LogP contribution is 2.35. The summed E-state index contributed by atoms with van der Waals surface area (Å²) in [6.07, 6.45) is 0. The van der Waals surface area contributed by atoms with Crippen LogP contribution in [-0.4, -0.2) is 9.97 Å². The predicted octanol–water partition coefficient (Wildman–Crippen LogP) is 5.85. The molecule has 102 valence electrons. The second-order valence-corrected chi connectivity index (χ2v) is 7.25. The van der Waals surface area contributed by atoms with Gasteiger partial charge in [-0.25, -0.2) is 9.97 Å². The van der Waals surface area contributed by atoms with Crippen molar-refractivity contribution in [3.05, 3.63) is 58.4 Å². The third-order valence-electron chi connectivity index (χ3n) is 3.12. The Morgan fingerprint density at radius 2 is 1.67 bits per heavy atom.